The minimum Gasteiger partial charge on any atom is -0.491 e. The van der Waals surface area contributed by atoms with Crippen molar-refractivity contribution in [3.63, 3.8) is 0 Å². The average molecular weight is 324 g/mol. The molecule has 5 nitrogen and oxygen atoms in total. The zero-order valence-corrected chi connectivity index (χ0v) is 13.6. The Morgan fingerprint density at radius 1 is 1.12 bits per heavy atom. The standard InChI is InChI=1S/C19H20N2O3/c1-23-12-13-24-17-8-6-15(7-9-17)14-19(22)21-18-5-3-2-4-16(18)10-11-20/h2-9H,10,12-14H2,1H3,(H,21,22). The third-order valence-corrected chi connectivity index (χ3v) is 3.41. The lowest BCUT2D eigenvalue weighted by Gasteiger charge is -2.10. The molecule has 0 aliphatic heterocycles. The van der Waals surface area contributed by atoms with Gasteiger partial charge in [0.05, 0.1) is 25.5 Å². The number of para-hydroxylation sites is 1. The van der Waals surface area contributed by atoms with Crippen LogP contribution in [0, 0.1) is 11.3 Å². The van der Waals surface area contributed by atoms with E-state index in [2.05, 4.69) is 11.4 Å². The van der Waals surface area contributed by atoms with E-state index in [9.17, 15) is 4.79 Å². The molecule has 5 heteroatoms. The molecule has 1 N–H and O–H groups in total. The normalized spacial score (nSPS) is 10.0. The first-order valence-electron chi connectivity index (χ1n) is 7.68. The van der Waals surface area contributed by atoms with Crippen molar-refractivity contribution in [2.75, 3.05) is 25.6 Å². The smallest absolute Gasteiger partial charge is 0.228 e. The molecule has 2 rings (SSSR count). The number of carbonyl (C=O) groups excluding carboxylic acids is 1. The molecule has 0 unspecified atom stereocenters. The molecule has 24 heavy (non-hydrogen) atoms. The lowest BCUT2D eigenvalue weighted by molar-refractivity contribution is -0.115. The predicted octanol–water partition coefficient (Wildman–Crippen LogP) is 2.96. The number of methoxy groups -OCH3 is 1. The van der Waals surface area contributed by atoms with Crippen LogP contribution in [-0.4, -0.2) is 26.2 Å². The number of rotatable bonds is 8. The number of hydrogen-bond donors (Lipinski definition) is 1. The van der Waals surface area contributed by atoms with Crippen LogP contribution in [0.25, 0.3) is 0 Å². The van der Waals surface area contributed by atoms with Crippen LogP contribution in [0.4, 0.5) is 5.69 Å². The van der Waals surface area contributed by atoms with E-state index >= 15 is 0 Å². The van der Waals surface area contributed by atoms with Crippen molar-refractivity contribution in [1.82, 2.24) is 0 Å². The molecule has 0 radical (unpaired) electrons. The lowest BCUT2D eigenvalue weighted by Crippen LogP contribution is -2.15. The highest BCUT2D eigenvalue weighted by Crippen LogP contribution is 2.17. The van der Waals surface area contributed by atoms with Crippen molar-refractivity contribution in [1.29, 1.82) is 5.26 Å². The van der Waals surface area contributed by atoms with E-state index in [1.807, 2.05) is 42.5 Å². The van der Waals surface area contributed by atoms with Crippen molar-refractivity contribution >= 4 is 11.6 Å². The van der Waals surface area contributed by atoms with Crippen LogP contribution in [-0.2, 0) is 22.4 Å². The molecule has 0 saturated heterocycles. The van der Waals surface area contributed by atoms with E-state index in [4.69, 9.17) is 14.7 Å². The topological polar surface area (TPSA) is 71.3 Å². The largest absolute Gasteiger partial charge is 0.491 e. The third kappa shape index (κ3) is 5.41. The fraction of sp³-hybridized carbons (Fsp3) is 0.263. The maximum absolute atomic E-state index is 12.2. The number of amides is 1. The monoisotopic (exact) mass is 324 g/mol. The Hall–Kier alpha value is -2.84. The van der Waals surface area contributed by atoms with Gasteiger partial charge in [0.1, 0.15) is 12.4 Å². The Balaban J connectivity index is 1.92. The van der Waals surface area contributed by atoms with Gasteiger partial charge in [0.2, 0.25) is 5.91 Å². The van der Waals surface area contributed by atoms with Gasteiger partial charge in [-0.25, -0.2) is 0 Å². The number of nitrogens with one attached hydrogen (secondary N) is 1. The second-order valence-electron chi connectivity index (χ2n) is 5.20. The molecule has 0 atom stereocenters. The molecule has 0 spiro atoms. The summed E-state index contributed by atoms with van der Waals surface area (Å²) in [6.07, 6.45) is 0.531. The summed E-state index contributed by atoms with van der Waals surface area (Å²) in [5, 5.41) is 11.7. The molecular weight excluding hydrogens is 304 g/mol. The molecule has 1 amide bonds. The number of anilines is 1. The molecule has 0 heterocycles. The molecule has 2 aromatic carbocycles. The van der Waals surface area contributed by atoms with Gasteiger partial charge in [-0.15, -0.1) is 0 Å². The van der Waals surface area contributed by atoms with E-state index in [0.29, 0.717) is 18.9 Å². The molecule has 124 valence electrons. The van der Waals surface area contributed by atoms with Crippen molar-refractivity contribution in [3.05, 3.63) is 59.7 Å². The fourth-order valence-electron chi connectivity index (χ4n) is 2.21. The van der Waals surface area contributed by atoms with E-state index in [1.165, 1.54) is 0 Å². The van der Waals surface area contributed by atoms with Gasteiger partial charge in [0.25, 0.3) is 0 Å². The summed E-state index contributed by atoms with van der Waals surface area (Å²) in [7, 11) is 1.62. The van der Waals surface area contributed by atoms with Gasteiger partial charge < -0.3 is 14.8 Å². The quantitative estimate of drug-likeness (QED) is 0.758. The summed E-state index contributed by atoms with van der Waals surface area (Å²) in [5.41, 5.74) is 2.39. The van der Waals surface area contributed by atoms with Gasteiger partial charge in [-0.3, -0.25) is 4.79 Å². The molecule has 0 aliphatic rings. The summed E-state index contributed by atoms with van der Waals surface area (Å²) < 4.78 is 10.4. The fourth-order valence-corrected chi connectivity index (χ4v) is 2.21. The molecule has 2 aromatic rings. The zero-order valence-electron chi connectivity index (χ0n) is 13.6. The predicted molar refractivity (Wildman–Crippen MR) is 91.9 cm³/mol. The van der Waals surface area contributed by atoms with Gasteiger partial charge >= 0.3 is 0 Å². The Kier molecular flexibility index (Phi) is 6.81. The number of benzene rings is 2. The Bertz CT molecular complexity index is 705. The van der Waals surface area contributed by atoms with Gasteiger partial charge in [0, 0.05) is 12.8 Å². The van der Waals surface area contributed by atoms with Crippen molar-refractivity contribution in [2.24, 2.45) is 0 Å². The van der Waals surface area contributed by atoms with Gasteiger partial charge in [-0.1, -0.05) is 30.3 Å². The minimum absolute atomic E-state index is 0.117. The number of hydrogen-bond acceptors (Lipinski definition) is 4. The number of ether oxygens (including phenoxy) is 2. The average Bonchev–Trinajstić information content (AvgIpc) is 2.59. The second-order valence-corrected chi connectivity index (χ2v) is 5.20. The molecule has 0 aromatic heterocycles. The number of carbonyl (C=O) groups is 1. The van der Waals surface area contributed by atoms with Gasteiger partial charge in [-0.2, -0.15) is 5.26 Å². The van der Waals surface area contributed by atoms with Crippen LogP contribution in [0.15, 0.2) is 48.5 Å². The van der Waals surface area contributed by atoms with Crippen LogP contribution in [0.2, 0.25) is 0 Å². The summed E-state index contributed by atoms with van der Waals surface area (Å²) >= 11 is 0. The Morgan fingerprint density at radius 3 is 2.58 bits per heavy atom. The van der Waals surface area contributed by atoms with Crippen LogP contribution in [0.5, 0.6) is 5.75 Å². The Labute approximate surface area is 141 Å². The van der Waals surface area contributed by atoms with Crippen LogP contribution >= 0.6 is 0 Å². The first-order valence-corrected chi connectivity index (χ1v) is 7.68. The van der Waals surface area contributed by atoms with Crippen LogP contribution in [0.3, 0.4) is 0 Å². The van der Waals surface area contributed by atoms with Crippen molar-refractivity contribution in [3.8, 4) is 11.8 Å². The highest BCUT2D eigenvalue weighted by Gasteiger charge is 2.07. The summed E-state index contributed by atoms with van der Waals surface area (Å²) in [4.78, 5) is 12.2. The number of nitrogens with zero attached hydrogens (tertiary/aromatic N) is 1. The maximum atomic E-state index is 12.2. The van der Waals surface area contributed by atoms with Crippen LogP contribution < -0.4 is 10.1 Å². The molecular formula is C19H20N2O3. The van der Waals surface area contributed by atoms with E-state index in [-0.39, 0.29) is 18.7 Å². The molecule has 0 fully saturated rings. The first-order chi connectivity index (χ1) is 11.7. The van der Waals surface area contributed by atoms with Gasteiger partial charge in [0.15, 0.2) is 0 Å². The third-order valence-electron chi connectivity index (χ3n) is 3.41. The van der Waals surface area contributed by atoms with Crippen LogP contribution in [0.1, 0.15) is 11.1 Å². The first kappa shape index (κ1) is 17.5. The highest BCUT2D eigenvalue weighted by molar-refractivity contribution is 5.93. The van der Waals surface area contributed by atoms with E-state index in [0.717, 1.165) is 16.9 Å². The maximum Gasteiger partial charge on any atom is 0.228 e. The Morgan fingerprint density at radius 2 is 1.88 bits per heavy atom. The molecule has 0 aliphatic carbocycles. The summed E-state index contributed by atoms with van der Waals surface area (Å²) in [5.74, 6) is 0.629. The highest BCUT2D eigenvalue weighted by atomic mass is 16.5. The summed E-state index contributed by atoms with van der Waals surface area (Å²) in [6, 6.07) is 16.8. The second kappa shape index (κ2) is 9.33. The van der Waals surface area contributed by atoms with E-state index < -0.39 is 0 Å². The molecule has 0 bridgehead atoms. The zero-order chi connectivity index (χ0) is 17.2. The van der Waals surface area contributed by atoms with Gasteiger partial charge in [-0.05, 0) is 29.3 Å². The SMILES string of the molecule is COCCOc1ccc(CC(=O)Nc2ccccc2CC#N)cc1. The molecule has 0 saturated carbocycles. The van der Waals surface area contributed by atoms with Crippen molar-refractivity contribution < 1.29 is 14.3 Å². The summed E-state index contributed by atoms with van der Waals surface area (Å²) in [6.45, 7) is 1.03. The van der Waals surface area contributed by atoms with Crippen molar-refractivity contribution in [2.45, 2.75) is 12.8 Å². The lowest BCUT2D eigenvalue weighted by atomic mass is 10.1. The van der Waals surface area contributed by atoms with E-state index in [1.54, 1.807) is 13.2 Å². The number of nitriles is 1. The minimum atomic E-state index is -0.117.